The summed E-state index contributed by atoms with van der Waals surface area (Å²) in [6.45, 7) is 4.78. The fourth-order valence-corrected chi connectivity index (χ4v) is 4.58. The van der Waals surface area contributed by atoms with Crippen LogP contribution in [0.4, 0.5) is 0 Å². The number of aliphatic hydroxyl groups excluding tert-OH is 1. The standard InChI is InChI=1S/C25H24N2O5S/c1-3-31-17-9-10-19(20(13-17)32-4-2)23(28)21-22(16-7-5-11-26-14-16)27(25(30)24(21)29)15-18-8-6-12-33-18/h5-14,22,28H,3-4,15H2,1-2H3/b23-21-. The molecule has 0 saturated carbocycles. The van der Waals surface area contributed by atoms with Crippen molar-refractivity contribution in [2.75, 3.05) is 13.2 Å². The molecule has 7 nitrogen and oxygen atoms in total. The lowest BCUT2D eigenvalue weighted by Crippen LogP contribution is -2.28. The van der Waals surface area contributed by atoms with Crippen molar-refractivity contribution in [3.05, 3.63) is 81.8 Å². The molecule has 0 radical (unpaired) electrons. The second kappa shape index (κ2) is 9.87. The molecular weight excluding hydrogens is 440 g/mol. The van der Waals surface area contributed by atoms with Crippen molar-refractivity contribution in [2.24, 2.45) is 0 Å². The van der Waals surface area contributed by atoms with Gasteiger partial charge in [-0.15, -0.1) is 11.3 Å². The number of aliphatic hydroxyl groups is 1. The molecule has 1 aromatic carbocycles. The Labute approximate surface area is 195 Å². The van der Waals surface area contributed by atoms with E-state index in [2.05, 4.69) is 4.98 Å². The molecule has 3 heterocycles. The van der Waals surface area contributed by atoms with Crippen molar-refractivity contribution >= 4 is 28.8 Å². The van der Waals surface area contributed by atoms with Crippen LogP contribution in [0.15, 0.2) is 65.8 Å². The molecule has 1 aliphatic heterocycles. The lowest BCUT2D eigenvalue weighted by molar-refractivity contribution is -0.140. The third kappa shape index (κ3) is 4.47. The third-order valence-electron chi connectivity index (χ3n) is 5.27. The average molecular weight is 465 g/mol. The van der Waals surface area contributed by atoms with Gasteiger partial charge in [-0.25, -0.2) is 0 Å². The zero-order valence-corrected chi connectivity index (χ0v) is 19.2. The predicted octanol–water partition coefficient (Wildman–Crippen LogP) is 4.56. The molecule has 1 saturated heterocycles. The first-order valence-corrected chi connectivity index (χ1v) is 11.5. The fourth-order valence-electron chi connectivity index (χ4n) is 3.87. The highest BCUT2D eigenvalue weighted by atomic mass is 32.1. The van der Waals surface area contributed by atoms with Gasteiger partial charge in [0, 0.05) is 23.3 Å². The van der Waals surface area contributed by atoms with Crippen LogP contribution in [0.2, 0.25) is 0 Å². The Morgan fingerprint density at radius 2 is 1.94 bits per heavy atom. The van der Waals surface area contributed by atoms with Gasteiger partial charge >= 0.3 is 0 Å². The van der Waals surface area contributed by atoms with Crippen LogP contribution in [0.3, 0.4) is 0 Å². The number of benzene rings is 1. The summed E-state index contributed by atoms with van der Waals surface area (Å²) in [4.78, 5) is 32.8. The number of ketones is 1. The number of hydrogen-bond acceptors (Lipinski definition) is 7. The largest absolute Gasteiger partial charge is 0.507 e. The number of aromatic nitrogens is 1. The number of carbonyl (C=O) groups is 2. The molecule has 1 N–H and O–H groups in total. The van der Waals surface area contributed by atoms with Gasteiger partial charge in [0.1, 0.15) is 17.3 Å². The van der Waals surface area contributed by atoms with Gasteiger partial charge in [0.05, 0.1) is 36.9 Å². The molecule has 1 atom stereocenters. The maximum absolute atomic E-state index is 13.2. The molecular formula is C25H24N2O5S. The lowest BCUT2D eigenvalue weighted by Gasteiger charge is -2.24. The molecule has 1 fully saturated rings. The number of pyridine rings is 1. The van der Waals surface area contributed by atoms with Gasteiger partial charge in [0.15, 0.2) is 0 Å². The summed E-state index contributed by atoms with van der Waals surface area (Å²) < 4.78 is 11.3. The molecule has 0 aliphatic carbocycles. The van der Waals surface area contributed by atoms with Crippen molar-refractivity contribution in [2.45, 2.75) is 26.4 Å². The van der Waals surface area contributed by atoms with Gasteiger partial charge < -0.3 is 19.5 Å². The highest BCUT2D eigenvalue weighted by Crippen LogP contribution is 2.42. The number of likely N-dealkylation sites (tertiary alicyclic amines) is 1. The van der Waals surface area contributed by atoms with Gasteiger partial charge in [-0.2, -0.15) is 0 Å². The van der Waals surface area contributed by atoms with E-state index < -0.39 is 17.7 Å². The highest BCUT2D eigenvalue weighted by Gasteiger charge is 2.46. The minimum absolute atomic E-state index is 0.00895. The summed E-state index contributed by atoms with van der Waals surface area (Å²) in [5, 5.41) is 13.3. The van der Waals surface area contributed by atoms with E-state index in [4.69, 9.17) is 9.47 Å². The van der Waals surface area contributed by atoms with E-state index >= 15 is 0 Å². The summed E-state index contributed by atoms with van der Waals surface area (Å²) in [7, 11) is 0. The van der Waals surface area contributed by atoms with Gasteiger partial charge in [-0.1, -0.05) is 12.1 Å². The van der Waals surface area contributed by atoms with Gasteiger partial charge in [-0.05, 0) is 49.1 Å². The first-order chi connectivity index (χ1) is 16.0. The number of carbonyl (C=O) groups excluding carboxylic acids is 2. The van der Waals surface area contributed by atoms with Crippen LogP contribution >= 0.6 is 11.3 Å². The monoisotopic (exact) mass is 464 g/mol. The van der Waals surface area contributed by atoms with Crippen LogP contribution in [0.25, 0.3) is 5.76 Å². The van der Waals surface area contributed by atoms with Crippen molar-refractivity contribution in [1.29, 1.82) is 0 Å². The van der Waals surface area contributed by atoms with E-state index in [1.54, 1.807) is 42.7 Å². The van der Waals surface area contributed by atoms with Gasteiger partial charge in [-0.3, -0.25) is 14.6 Å². The number of rotatable bonds is 8. The molecule has 8 heteroatoms. The Balaban J connectivity index is 1.86. The number of hydrogen-bond donors (Lipinski definition) is 1. The Morgan fingerprint density at radius 3 is 2.61 bits per heavy atom. The van der Waals surface area contributed by atoms with E-state index in [0.29, 0.717) is 35.8 Å². The van der Waals surface area contributed by atoms with E-state index in [1.165, 1.54) is 16.2 Å². The topological polar surface area (TPSA) is 89.0 Å². The molecule has 1 amide bonds. The molecule has 33 heavy (non-hydrogen) atoms. The highest BCUT2D eigenvalue weighted by molar-refractivity contribution is 7.09. The minimum atomic E-state index is -0.776. The molecule has 3 aromatic rings. The summed E-state index contributed by atoms with van der Waals surface area (Å²) >= 11 is 1.50. The lowest BCUT2D eigenvalue weighted by atomic mass is 9.96. The Hall–Kier alpha value is -3.65. The van der Waals surface area contributed by atoms with Crippen LogP contribution in [-0.4, -0.2) is 39.9 Å². The smallest absolute Gasteiger partial charge is 0.295 e. The van der Waals surface area contributed by atoms with Crippen LogP contribution in [-0.2, 0) is 16.1 Å². The average Bonchev–Trinajstić information content (AvgIpc) is 3.42. The summed E-state index contributed by atoms with van der Waals surface area (Å²) in [5.41, 5.74) is 0.969. The van der Waals surface area contributed by atoms with Crippen molar-refractivity contribution < 1.29 is 24.2 Å². The summed E-state index contributed by atoms with van der Waals surface area (Å²) in [6, 6.07) is 11.6. The minimum Gasteiger partial charge on any atom is -0.507 e. The predicted molar refractivity (Wildman–Crippen MR) is 125 cm³/mol. The van der Waals surface area contributed by atoms with Crippen LogP contribution < -0.4 is 9.47 Å². The van der Waals surface area contributed by atoms with E-state index in [-0.39, 0.29) is 17.9 Å². The van der Waals surface area contributed by atoms with Crippen molar-refractivity contribution in [3.8, 4) is 11.5 Å². The van der Waals surface area contributed by atoms with Crippen LogP contribution in [0.1, 0.15) is 35.9 Å². The number of thiophene rings is 1. The number of nitrogens with zero attached hydrogens (tertiary/aromatic N) is 2. The number of Topliss-reactive ketones (excluding diaryl/α,β-unsaturated/α-hetero) is 1. The number of amides is 1. The number of ether oxygens (including phenoxy) is 2. The zero-order valence-electron chi connectivity index (χ0n) is 18.4. The van der Waals surface area contributed by atoms with E-state index in [1.807, 2.05) is 31.4 Å². The quantitative estimate of drug-likeness (QED) is 0.299. The molecule has 170 valence electrons. The van der Waals surface area contributed by atoms with E-state index in [9.17, 15) is 14.7 Å². The summed E-state index contributed by atoms with van der Waals surface area (Å²) in [6.07, 6.45) is 3.22. The van der Waals surface area contributed by atoms with Gasteiger partial charge in [0.2, 0.25) is 0 Å². The molecule has 2 aromatic heterocycles. The van der Waals surface area contributed by atoms with Crippen LogP contribution in [0.5, 0.6) is 11.5 Å². The molecule has 4 rings (SSSR count). The third-order valence-corrected chi connectivity index (χ3v) is 6.13. The molecule has 1 unspecified atom stereocenters. The Kier molecular flexibility index (Phi) is 6.74. The van der Waals surface area contributed by atoms with Crippen molar-refractivity contribution in [3.63, 3.8) is 0 Å². The van der Waals surface area contributed by atoms with Crippen molar-refractivity contribution in [1.82, 2.24) is 9.88 Å². The summed E-state index contributed by atoms with van der Waals surface area (Å²) in [5.74, 6) is -0.742. The first kappa shape index (κ1) is 22.5. The molecule has 0 bridgehead atoms. The zero-order chi connectivity index (χ0) is 23.4. The maximum Gasteiger partial charge on any atom is 0.295 e. The van der Waals surface area contributed by atoms with E-state index in [0.717, 1.165) is 4.88 Å². The first-order valence-electron chi connectivity index (χ1n) is 10.7. The normalized spacial score (nSPS) is 17.4. The molecule has 1 aliphatic rings. The SMILES string of the molecule is CCOc1ccc(/C(O)=C2/C(=O)C(=O)N(Cc3cccs3)C2c2cccnc2)c(OCC)c1. The Bertz CT molecular complexity index is 1170. The van der Waals surface area contributed by atoms with Crippen LogP contribution in [0, 0.1) is 0 Å². The molecule has 0 spiro atoms. The maximum atomic E-state index is 13.2. The second-order valence-electron chi connectivity index (χ2n) is 7.32. The van der Waals surface area contributed by atoms with Gasteiger partial charge in [0.25, 0.3) is 11.7 Å². The fraction of sp³-hybridized carbons (Fsp3) is 0.240. The Morgan fingerprint density at radius 1 is 1.12 bits per heavy atom. The second-order valence-corrected chi connectivity index (χ2v) is 8.35.